The first kappa shape index (κ1) is 44.8. The molecule has 7 nitrogen and oxygen atoms in total. The number of unbranched alkanes of at least 4 members (excludes halogenated alkanes) is 9. The second kappa shape index (κ2) is 22.1. The number of hydrogen-bond acceptors (Lipinski definition) is 8. The van der Waals surface area contributed by atoms with Crippen LogP contribution in [-0.4, -0.2) is 69.6 Å². The van der Waals surface area contributed by atoms with Crippen molar-refractivity contribution in [2.24, 2.45) is 5.92 Å². The molecule has 1 aliphatic heterocycles. The number of ether oxygens (including phenoxy) is 2. The minimum atomic E-state index is -2.33. The standard InChI is InChI=1S/C44H65NO6S2/c1-8-9-10-14-23-32-52-33-24-15-12-11-13-22-29-37(43(49,30-31-50-7)40(47)51-42(4,5)6)39(46)45-38(34(2)3)44(53-41(45)48,35-25-18-16-19-26-35)36-27-20-17-21-28-36/h16-21,25-29,34,38,49H,8-15,22-24,30-33H2,1-7H3/b37-29+/t38-,43-/m0/s1. The van der Waals surface area contributed by atoms with Crippen molar-refractivity contribution in [2.75, 3.05) is 25.2 Å². The summed E-state index contributed by atoms with van der Waals surface area (Å²) in [6, 6.07) is 19.0. The maximum absolute atomic E-state index is 15.1. The number of aliphatic hydroxyl groups is 1. The van der Waals surface area contributed by atoms with E-state index in [1.807, 2.05) is 74.5 Å². The minimum absolute atomic E-state index is 0.00535. The van der Waals surface area contributed by atoms with E-state index in [4.69, 9.17) is 9.47 Å². The van der Waals surface area contributed by atoms with Crippen LogP contribution in [0.1, 0.15) is 130 Å². The molecule has 294 valence electrons. The first-order valence-electron chi connectivity index (χ1n) is 19.7. The van der Waals surface area contributed by atoms with Gasteiger partial charge >= 0.3 is 5.97 Å². The Kier molecular flexibility index (Phi) is 18.7. The Hall–Kier alpha value is -2.59. The van der Waals surface area contributed by atoms with Crippen LogP contribution in [0.15, 0.2) is 72.3 Å². The van der Waals surface area contributed by atoms with Gasteiger partial charge < -0.3 is 14.6 Å². The number of amides is 2. The number of nitrogens with zero attached hydrogens (tertiary/aromatic N) is 1. The summed E-state index contributed by atoms with van der Waals surface area (Å²) in [7, 11) is 1.48. The van der Waals surface area contributed by atoms with E-state index in [1.165, 1.54) is 62.0 Å². The van der Waals surface area contributed by atoms with Crippen LogP contribution in [0.5, 0.6) is 0 Å². The number of carbonyl (C=O) groups is 3. The second-order valence-corrected chi connectivity index (χ2v) is 17.9. The molecule has 9 heteroatoms. The number of methoxy groups -OCH3 is 1. The quantitative estimate of drug-likeness (QED) is 0.0679. The summed E-state index contributed by atoms with van der Waals surface area (Å²) in [5, 5.41) is 11.9. The van der Waals surface area contributed by atoms with Gasteiger partial charge in [0.1, 0.15) is 5.60 Å². The van der Waals surface area contributed by atoms with E-state index in [-0.39, 0.29) is 24.5 Å². The molecule has 0 bridgehead atoms. The second-order valence-electron chi connectivity index (χ2n) is 15.5. The first-order valence-corrected chi connectivity index (χ1v) is 21.7. The number of imide groups is 1. The molecule has 2 aromatic rings. The largest absolute Gasteiger partial charge is 0.458 e. The molecule has 1 saturated heterocycles. The van der Waals surface area contributed by atoms with Gasteiger partial charge in [-0.1, -0.05) is 132 Å². The molecular weight excluding hydrogens is 703 g/mol. The molecule has 0 radical (unpaired) electrons. The van der Waals surface area contributed by atoms with E-state index in [0.717, 1.165) is 48.6 Å². The highest BCUT2D eigenvalue weighted by molar-refractivity contribution is 8.15. The number of hydrogen-bond donors (Lipinski definition) is 1. The van der Waals surface area contributed by atoms with E-state index >= 15 is 4.79 Å². The smallest absolute Gasteiger partial charge is 0.343 e. The van der Waals surface area contributed by atoms with Crippen molar-refractivity contribution in [3.05, 3.63) is 83.4 Å². The van der Waals surface area contributed by atoms with Gasteiger partial charge in [-0.05, 0) is 86.8 Å². The zero-order valence-electron chi connectivity index (χ0n) is 33.4. The highest BCUT2D eigenvalue weighted by Gasteiger charge is 2.60. The maximum Gasteiger partial charge on any atom is 0.343 e. The van der Waals surface area contributed by atoms with E-state index in [1.54, 1.807) is 26.8 Å². The fourth-order valence-corrected chi connectivity index (χ4v) is 9.67. The molecule has 2 amide bonds. The molecule has 0 aromatic heterocycles. The van der Waals surface area contributed by atoms with Crippen LogP contribution >= 0.6 is 23.5 Å². The zero-order valence-corrected chi connectivity index (χ0v) is 35.0. The number of rotatable bonds is 23. The molecule has 0 spiro atoms. The molecular formula is C44H65NO6S2. The molecule has 1 aliphatic rings. The normalized spacial score (nSPS) is 17.3. The predicted molar refractivity (Wildman–Crippen MR) is 221 cm³/mol. The van der Waals surface area contributed by atoms with Crippen LogP contribution < -0.4 is 0 Å². The van der Waals surface area contributed by atoms with Crippen LogP contribution in [0, 0.1) is 5.92 Å². The summed E-state index contributed by atoms with van der Waals surface area (Å²) < 4.78 is 10.2. The summed E-state index contributed by atoms with van der Waals surface area (Å²) >= 11 is 3.17. The monoisotopic (exact) mass is 767 g/mol. The number of thioether (sulfide) groups is 2. The van der Waals surface area contributed by atoms with Gasteiger partial charge in [0.05, 0.1) is 16.4 Å². The molecule has 0 aliphatic carbocycles. The van der Waals surface area contributed by atoms with Crippen molar-refractivity contribution in [1.82, 2.24) is 4.90 Å². The van der Waals surface area contributed by atoms with E-state index in [2.05, 4.69) is 18.7 Å². The third-order valence-corrected chi connectivity index (χ3v) is 12.3. The molecule has 53 heavy (non-hydrogen) atoms. The van der Waals surface area contributed by atoms with Crippen molar-refractivity contribution in [3.63, 3.8) is 0 Å². The minimum Gasteiger partial charge on any atom is -0.458 e. The molecule has 2 atom stereocenters. The van der Waals surface area contributed by atoms with Crippen molar-refractivity contribution in [1.29, 1.82) is 0 Å². The van der Waals surface area contributed by atoms with Gasteiger partial charge in [0.25, 0.3) is 11.1 Å². The van der Waals surface area contributed by atoms with E-state index in [9.17, 15) is 14.7 Å². The summed E-state index contributed by atoms with van der Waals surface area (Å²) in [6.45, 7) is 11.4. The Balaban J connectivity index is 1.92. The Morgan fingerprint density at radius 3 is 1.92 bits per heavy atom. The van der Waals surface area contributed by atoms with Gasteiger partial charge in [0, 0.05) is 20.1 Å². The summed E-state index contributed by atoms with van der Waals surface area (Å²) in [5.41, 5.74) is -1.58. The van der Waals surface area contributed by atoms with Crippen LogP contribution in [0.3, 0.4) is 0 Å². The molecule has 0 unspecified atom stereocenters. The molecule has 0 saturated carbocycles. The van der Waals surface area contributed by atoms with Crippen molar-refractivity contribution < 1.29 is 29.0 Å². The highest BCUT2D eigenvalue weighted by atomic mass is 32.2. The number of esters is 1. The van der Waals surface area contributed by atoms with Crippen molar-refractivity contribution in [3.8, 4) is 0 Å². The lowest BCUT2D eigenvalue weighted by atomic mass is 9.78. The van der Waals surface area contributed by atoms with E-state index < -0.39 is 39.1 Å². The lowest BCUT2D eigenvalue weighted by molar-refractivity contribution is -0.176. The summed E-state index contributed by atoms with van der Waals surface area (Å²) in [5.74, 6) is 0.643. The summed E-state index contributed by atoms with van der Waals surface area (Å²) in [6.07, 6.45) is 13.7. The van der Waals surface area contributed by atoms with Gasteiger partial charge in [0.2, 0.25) is 0 Å². The predicted octanol–water partition coefficient (Wildman–Crippen LogP) is 10.7. The number of allylic oxidation sites excluding steroid dienone is 1. The lowest BCUT2D eigenvalue weighted by Crippen LogP contribution is -2.54. The van der Waals surface area contributed by atoms with Gasteiger partial charge in [-0.2, -0.15) is 11.8 Å². The fourth-order valence-electron chi connectivity index (χ4n) is 7.07. The molecule has 1 heterocycles. The zero-order chi connectivity index (χ0) is 38.9. The maximum atomic E-state index is 15.1. The van der Waals surface area contributed by atoms with Gasteiger partial charge in [-0.3, -0.25) is 14.5 Å². The lowest BCUT2D eigenvalue weighted by Gasteiger charge is -2.40. The molecule has 2 aromatic carbocycles. The SMILES string of the molecule is CCCCCCCSCCCCCCC/C=C(\C(=O)N1C(=O)SC(c2ccccc2)(c2ccccc2)[C@@H]1C(C)C)[C@@](O)(CCOC)C(=O)OC(C)(C)C. The highest BCUT2D eigenvalue weighted by Crippen LogP contribution is 2.56. The average Bonchev–Trinajstić information content (AvgIpc) is 3.46. The van der Waals surface area contributed by atoms with Crippen LogP contribution in [0.4, 0.5) is 4.79 Å². The molecule has 1 fully saturated rings. The number of benzene rings is 2. The summed E-state index contributed by atoms with van der Waals surface area (Å²) in [4.78, 5) is 44.7. The molecule has 3 rings (SSSR count). The average molecular weight is 768 g/mol. The topological polar surface area (TPSA) is 93.1 Å². The van der Waals surface area contributed by atoms with Crippen LogP contribution in [-0.2, 0) is 23.8 Å². The van der Waals surface area contributed by atoms with E-state index in [0.29, 0.717) is 6.42 Å². The third kappa shape index (κ3) is 12.5. The van der Waals surface area contributed by atoms with Gasteiger partial charge in [-0.25, -0.2) is 4.79 Å². The van der Waals surface area contributed by atoms with Crippen molar-refractivity contribution >= 4 is 40.6 Å². The van der Waals surface area contributed by atoms with Gasteiger partial charge in [0.15, 0.2) is 5.60 Å². The van der Waals surface area contributed by atoms with Crippen LogP contribution in [0.2, 0.25) is 0 Å². The Morgan fingerprint density at radius 1 is 0.887 bits per heavy atom. The van der Waals surface area contributed by atoms with Crippen molar-refractivity contribution in [2.45, 2.75) is 141 Å². The molecule has 1 N–H and O–H groups in total. The fraction of sp³-hybridized carbons (Fsp3) is 0.614. The van der Waals surface area contributed by atoms with Gasteiger partial charge in [-0.15, -0.1) is 0 Å². The Bertz CT molecular complexity index is 1400. The third-order valence-electron chi connectivity index (χ3n) is 9.71. The van der Waals surface area contributed by atoms with Crippen LogP contribution in [0.25, 0.3) is 0 Å². The Morgan fingerprint density at radius 2 is 1.42 bits per heavy atom. The first-order chi connectivity index (χ1) is 25.3. The number of carbonyl (C=O) groups excluding carboxylic acids is 3. The Labute approximate surface area is 328 Å².